The fraction of sp³-hybridized carbons (Fsp3) is 0.417. The Balaban J connectivity index is 2.44. The van der Waals surface area contributed by atoms with Gasteiger partial charge in [0.2, 0.25) is 5.91 Å². The molecule has 0 saturated carbocycles. The molecule has 2 aromatic rings. The number of ether oxygens (including phenoxy) is 1. The van der Waals surface area contributed by atoms with Gasteiger partial charge in [0.1, 0.15) is 6.04 Å². The molecule has 31 heavy (non-hydrogen) atoms. The van der Waals surface area contributed by atoms with Crippen molar-refractivity contribution in [3.8, 4) is 0 Å². The minimum absolute atomic E-state index is 0.0588. The maximum absolute atomic E-state index is 13.3. The van der Waals surface area contributed by atoms with Gasteiger partial charge in [0, 0.05) is 31.5 Å². The molecule has 0 aromatic heterocycles. The summed E-state index contributed by atoms with van der Waals surface area (Å²) in [6, 6.07) is 14.7. The monoisotopic (exact) mass is 426 g/mol. The third-order valence-corrected chi connectivity index (χ3v) is 4.68. The normalized spacial score (nSPS) is 12.1. The van der Waals surface area contributed by atoms with E-state index in [0.29, 0.717) is 12.0 Å². The number of carbonyl (C=O) groups excluding carboxylic acids is 2. The van der Waals surface area contributed by atoms with Crippen LogP contribution in [-0.2, 0) is 27.3 Å². The standard InChI is InChI=1S/C24H30N2O5/c1-5-31-23(28)21(15-18-10-7-6-8-11-18)25(22(27)16-24(2,3)4)17-19-12-9-13-20(14-19)26(29)30/h6-14,21H,5,15-17H2,1-4H3/t21-/m0/s1. The molecule has 2 aromatic carbocycles. The van der Waals surface area contributed by atoms with Crippen LogP contribution in [0.3, 0.4) is 0 Å². The van der Waals surface area contributed by atoms with Gasteiger partial charge >= 0.3 is 5.97 Å². The zero-order chi connectivity index (χ0) is 23.0. The molecular formula is C24H30N2O5. The quantitative estimate of drug-likeness (QED) is 0.334. The van der Waals surface area contributed by atoms with E-state index in [1.807, 2.05) is 51.1 Å². The second kappa shape index (κ2) is 10.7. The van der Waals surface area contributed by atoms with Crippen LogP contribution in [0.5, 0.6) is 0 Å². The first-order chi connectivity index (χ1) is 14.6. The first kappa shape index (κ1) is 24.1. The van der Waals surface area contributed by atoms with Crippen molar-refractivity contribution in [3.05, 3.63) is 75.8 Å². The molecule has 1 amide bonds. The van der Waals surface area contributed by atoms with Gasteiger partial charge in [-0.2, -0.15) is 0 Å². The Labute approximate surface area is 183 Å². The van der Waals surface area contributed by atoms with Crippen LogP contribution in [0, 0.1) is 15.5 Å². The average molecular weight is 427 g/mol. The van der Waals surface area contributed by atoms with Crippen LogP contribution < -0.4 is 0 Å². The van der Waals surface area contributed by atoms with Crippen molar-refractivity contribution in [1.29, 1.82) is 0 Å². The Morgan fingerprint density at radius 2 is 1.71 bits per heavy atom. The first-order valence-corrected chi connectivity index (χ1v) is 10.3. The molecule has 166 valence electrons. The van der Waals surface area contributed by atoms with E-state index in [1.165, 1.54) is 17.0 Å². The summed E-state index contributed by atoms with van der Waals surface area (Å²) in [7, 11) is 0. The summed E-state index contributed by atoms with van der Waals surface area (Å²) in [5.74, 6) is -0.688. The molecule has 0 heterocycles. The highest BCUT2D eigenvalue weighted by Gasteiger charge is 2.33. The molecule has 0 aliphatic heterocycles. The van der Waals surface area contributed by atoms with E-state index in [0.717, 1.165) is 5.56 Å². The van der Waals surface area contributed by atoms with Crippen molar-refractivity contribution < 1.29 is 19.2 Å². The lowest BCUT2D eigenvalue weighted by atomic mass is 9.91. The Bertz CT molecular complexity index is 906. The van der Waals surface area contributed by atoms with Crippen LogP contribution in [-0.4, -0.2) is 34.3 Å². The van der Waals surface area contributed by atoms with Crippen molar-refractivity contribution in [1.82, 2.24) is 4.90 Å². The first-order valence-electron chi connectivity index (χ1n) is 10.3. The second-order valence-corrected chi connectivity index (χ2v) is 8.64. The fourth-order valence-electron chi connectivity index (χ4n) is 3.29. The summed E-state index contributed by atoms with van der Waals surface area (Å²) >= 11 is 0. The molecule has 0 saturated heterocycles. The van der Waals surface area contributed by atoms with Gasteiger partial charge in [-0.05, 0) is 23.5 Å². The number of rotatable bonds is 9. The molecule has 0 aliphatic rings. The van der Waals surface area contributed by atoms with Gasteiger partial charge in [0.05, 0.1) is 11.5 Å². The van der Waals surface area contributed by atoms with Gasteiger partial charge < -0.3 is 9.64 Å². The van der Waals surface area contributed by atoms with Crippen molar-refractivity contribution >= 4 is 17.6 Å². The fourth-order valence-corrected chi connectivity index (χ4v) is 3.29. The lowest BCUT2D eigenvalue weighted by Crippen LogP contribution is -2.47. The van der Waals surface area contributed by atoms with Gasteiger partial charge in [-0.1, -0.05) is 63.2 Å². The zero-order valence-corrected chi connectivity index (χ0v) is 18.5. The van der Waals surface area contributed by atoms with Crippen LogP contribution in [0.4, 0.5) is 5.69 Å². The molecule has 2 rings (SSSR count). The third kappa shape index (κ3) is 7.51. The number of nitro groups is 1. The topological polar surface area (TPSA) is 89.8 Å². The summed E-state index contributed by atoms with van der Waals surface area (Å²) in [5, 5.41) is 11.2. The molecule has 0 radical (unpaired) electrons. The molecule has 0 unspecified atom stereocenters. The number of carbonyl (C=O) groups is 2. The average Bonchev–Trinajstić information content (AvgIpc) is 2.70. The van der Waals surface area contributed by atoms with Crippen LogP contribution in [0.1, 0.15) is 45.2 Å². The number of nitrogens with zero attached hydrogens (tertiary/aromatic N) is 2. The number of non-ortho nitro benzene ring substituents is 1. The number of hydrogen-bond acceptors (Lipinski definition) is 5. The second-order valence-electron chi connectivity index (χ2n) is 8.64. The summed E-state index contributed by atoms with van der Waals surface area (Å²) in [4.78, 5) is 38.4. The third-order valence-electron chi connectivity index (χ3n) is 4.68. The van der Waals surface area contributed by atoms with Crippen LogP contribution in [0.15, 0.2) is 54.6 Å². The van der Waals surface area contributed by atoms with Gasteiger partial charge in [0.15, 0.2) is 0 Å². The largest absolute Gasteiger partial charge is 0.464 e. The van der Waals surface area contributed by atoms with E-state index in [4.69, 9.17) is 4.74 Å². The molecular weight excluding hydrogens is 396 g/mol. The minimum atomic E-state index is -0.837. The minimum Gasteiger partial charge on any atom is -0.464 e. The van der Waals surface area contributed by atoms with E-state index in [9.17, 15) is 19.7 Å². The highest BCUT2D eigenvalue weighted by atomic mass is 16.6. The van der Waals surface area contributed by atoms with Gasteiger partial charge in [-0.3, -0.25) is 14.9 Å². The van der Waals surface area contributed by atoms with E-state index in [2.05, 4.69) is 0 Å². The Kier molecular flexibility index (Phi) is 8.30. The molecule has 0 fully saturated rings. The van der Waals surface area contributed by atoms with Gasteiger partial charge in [0.25, 0.3) is 5.69 Å². The SMILES string of the molecule is CCOC(=O)[C@H](Cc1ccccc1)N(Cc1cccc([N+](=O)[O-])c1)C(=O)CC(C)(C)C. The Morgan fingerprint density at radius 3 is 2.29 bits per heavy atom. The Hall–Kier alpha value is -3.22. The van der Waals surface area contributed by atoms with Crippen molar-refractivity contribution in [2.75, 3.05) is 6.61 Å². The van der Waals surface area contributed by atoms with Crippen LogP contribution in [0.2, 0.25) is 0 Å². The molecule has 0 aliphatic carbocycles. The lowest BCUT2D eigenvalue weighted by molar-refractivity contribution is -0.384. The van der Waals surface area contributed by atoms with E-state index in [-0.39, 0.29) is 36.6 Å². The van der Waals surface area contributed by atoms with Crippen molar-refractivity contribution in [2.24, 2.45) is 5.41 Å². The van der Waals surface area contributed by atoms with Gasteiger partial charge in [-0.25, -0.2) is 4.79 Å². The summed E-state index contributed by atoms with van der Waals surface area (Å²) in [6.07, 6.45) is 0.525. The Morgan fingerprint density at radius 1 is 1.06 bits per heavy atom. The molecule has 0 N–H and O–H groups in total. The maximum Gasteiger partial charge on any atom is 0.329 e. The van der Waals surface area contributed by atoms with Crippen molar-refractivity contribution in [3.63, 3.8) is 0 Å². The number of nitro benzene ring substituents is 1. The maximum atomic E-state index is 13.3. The molecule has 7 heteroatoms. The van der Waals surface area contributed by atoms with Crippen LogP contribution in [0.25, 0.3) is 0 Å². The number of amides is 1. The summed E-state index contributed by atoms with van der Waals surface area (Å²) in [5.41, 5.74) is 1.13. The highest BCUT2D eigenvalue weighted by molar-refractivity contribution is 5.85. The number of benzene rings is 2. The zero-order valence-electron chi connectivity index (χ0n) is 18.5. The van der Waals surface area contributed by atoms with Crippen LogP contribution >= 0.6 is 0 Å². The predicted octanol–water partition coefficient (Wildman–Crippen LogP) is 4.53. The van der Waals surface area contributed by atoms with Crippen molar-refractivity contribution in [2.45, 2.75) is 53.1 Å². The predicted molar refractivity (Wildman–Crippen MR) is 118 cm³/mol. The smallest absolute Gasteiger partial charge is 0.329 e. The van der Waals surface area contributed by atoms with Gasteiger partial charge in [-0.15, -0.1) is 0 Å². The highest BCUT2D eigenvalue weighted by Crippen LogP contribution is 2.24. The summed E-state index contributed by atoms with van der Waals surface area (Å²) < 4.78 is 5.30. The van der Waals surface area contributed by atoms with E-state index < -0.39 is 16.9 Å². The van der Waals surface area contributed by atoms with E-state index >= 15 is 0 Å². The molecule has 0 spiro atoms. The molecule has 1 atom stereocenters. The lowest BCUT2D eigenvalue weighted by Gasteiger charge is -2.32. The number of hydrogen-bond donors (Lipinski definition) is 0. The van der Waals surface area contributed by atoms with E-state index in [1.54, 1.807) is 19.1 Å². The number of esters is 1. The molecule has 0 bridgehead atoms. The summed E-state index contributed by atoms with van der Waals surface area (Å²) in [6.45, 7) is 7.85. The molecule has 7 nitrogen and oxygen atoms in total.